The Balaban J connectivity index is 1.98. The number of fused-ring (bicyclic) bond motifs is 1. The smallest absolute Gasteiger partial charge is 0.408 e. The van der Waals surface area contributed by atoms with Crippen LogP contribution in [-0.2, 0) is 14.3 Å². The van der Waals surface area contributed by atoms with Crippen LogP contribution in [0.2, 0.25) is 0 Å². The van der Waals surface area contributed by atoms with E-state index in [0.29, 0.717) is 12.2 Å². The van der Waals surface area contributed by atoms with Crippen LogP contribution in [0.3, 0.4) is 0 Å². The average molecular weight is 301 g/mol. The highest BCUT2D eigenvalue weighted by Crippen LogP contribution is 2.37. The summed E-state index contributed by atoms with van der Waals surface area (Å²) in [5, 5.41) is 2.46. The molecule has 112 valence electrons. The van der Waals surface area contributed by atoms with Crippen molar-refractivity contribution >= 4 is 29.7 Å². The van der Waals surface area contributed by atoms with Crippen LogP contribution in [0.15, 0.2) is 0 Å². The summed E-state index contributed by atoms with van der Waals surface area (Å²) in [6.45, 7) is 5.25. The molecule has 2 fully saturated rings. The molecule has 3 atom stereocenters. The second-order valence-electron chi connectivity index (χ2n) is 5.89. The van der Waals surface area contributed by atoms with E-state index in [4.69, 9.17) is 10.5 Å². The lowest BCUT2D eigenvalue weighted by Gasteiger charge is -2.22. The first-order chi connectivity index (χ1) is 9.19. The molecular weight excluding hydrogens is 282 g/mol. The molecule has 2 heterocycles. The summed E-state index contributed by atoms with van der Waals surface area (Å²) >= 11 is 1.51. The summed E-state index contributed by atoms with van der Waals surface area (Å²) in [6, 6.07) is -1.23. The van der Waals surface area contributed by atoms with Crippen molar-refractivity contribution in [2.75, 3.05) is 5.75 Å². The predicted octanol–water partition coefficient (Wildman–Crippen LogP) is 0.0388. The molecule has 0 aromatic carbocycles. The Morgan fingerprint density at radius 3 is 2.65 bits per heavy atom. The Kier molecular flexibility index (Phi) is 3.86. The lowest BCUT2D eigenvalue weighted by Crippen LogP contribution is -2.49. The fourth-order valence-electron chi connectivity index (χ4n) is 2.31. The Labute approximate surface area is 121 Å². The molecule has 7 nitrogen and oxygen atoms in total. The van der Waals surface area contributed by atoms with Gasteiger partial charge in [-0.05, 0) is 20.8 Å². The molecule has 2 aliphatic heterocycles. The second kappa shape index (κ2) is 5.16. The molecule has 0 radical (unpaired) electrons. The van der Waals surface area contributed by atoms with Gasteiger partial charge in [0.2, 0.25) is 11.8 Å². The van der Waals surface area contributed by atoms with Crippen LogP contribution in [0.5, 0.6) is 0 Å². The van der Waals surface area contributed by atoms with Gasteiger partial charge in [-0.1, -0.05) is 0 Å². The first kappa shape index (κ1) is 15.0. The van der Waals surface area contributed by atoms with Gasteiger partial charge in [0.15, 0.2) is 0 Å². The molecule has 8 heteroatoms. The number of carbonyl (C=O) groups is 3. The maximum Gasteiger partial charge on any atom is 0.408 e. The number of nitrogens with one attached hydrogen (secondary N) is 1. The van der Waals surface area contributed by atoms with Gasteiger partial charge in [0.1, 0.15) is 17.7 Å². The number of carbonyl (C=O) groups excluding carboxylic acids is 3. The Morgan fingerprint density at radius 2 is 2.10 bits per heavy atom. The van der Waals surface area contributed by atoms with Crippen LogP contribution in [0, 0.1) is 0 Å². The van der Waals surface area contributed by atoms with Gasteiger partial charge in [-0.2, -0.15) is 0 Å². The van der Waals surface area contributed by atoms with Crippen molar-refractivity contribution in [2.45, 2.75) is 50.3 Å². The van der Waals surface area contributed by atoms with Crippen molar-refractivity contribution < 1.29 is 19.1 Å². The molecule has 0 saturated carbocycles. The SMILES string of the molecule is CC(C)(C)OC(=O)N[C@H]1C[C@H]2SC[C@H](C(N)=O)N2C1=O. The second-order valence-corrected chi connectivity index (χ2v) is 7.10. The van der Waals surface area contributed by atoms with Crippen LogP contribution < -0.4 is 11.1 Å². The third-order valence-corrected chi connectivity index (χ3v) is 4.41. The van der Waals surface area contributed by atoms with Gasteiger partial charge >= 0.3 is 6.09 Å². The highest BCUT2D eigenvalue weighted by atomic mass is 32.2. The highest BCUT2D eigenvalue weighted by molar-refractivity contribution is 8.00. The van der Waals surface area contributed by atoms with Gasteiger partial charge in [0.25, 0.3) is 0 Å². The molecule has 0 aromatic rings. The largest absolute Gasteiger partial charge is 0.444 e. The molecule has 3 amide bonds. The van der Waals surface area contributed by atoms with Crippen molar-refractivity contribution in [3.8, 4) is 0 Å². The number of thioether (sulfide) groups is 1. The normalized spacial score (nSPS) is 29.2. The minimum atomic E-state index is -0.649. The molecule has 0 aromatic heterocycles. The van der Waals surface area contributed by atoms with Crippen molar-refractivity contribution in [1.82, 2.24) is 10.2 Å². The Bertz CT molecular complexity index is 448. The number of ether oxygens (including phenoxy) is 1. The summed E-state index contributed by atoms with van der Waals surface area (Å²) in [7, 11) is 0. The number of nitrogens with two attached hydrogens (primary N) is 1. The van der Waals surface area contributed by atoms with Gasteiger partial charge in [0, 0.05) is 12.2 Å². The molecular formula is C12H19N3O4S. The van der Waals surface area contributed by atoms with E-state index in [0.717, 1.165) is 0 Å². The van der Waals surface area contributed by atoms with Gasteiger partial charge in [0.05, 0.1) is 5.37 Å². The first-order valence-electron chi connectivity index (χ1n) is 6.41. The number of nitrogens with zero attached hydrogens (tertiary/aromatic N) is 1. The summed E-state index contributed by atoms with van der Waals surface area (Å²) in [4.78, 5) is 36.7. The summed E-state index contributed by atoms with van der Waals surface area (Å²) in [5.41, 5.74) is 4.67. The number of alkyl carbamates (subject to hydrolysis) is 1. The third-order valence-electron chi connectivity index (χ3n) is 3.10. The van der Waals surface area contributed by atoms with Crippen molar-refractivity contribution in [3.05, 3.63) is 0 Å². The number of hydrogen-bond acceptors (Lipinski definition) is 5. The molecule has 0 unspecified atom stereocenters. The van der Waals surface area contributed by atoms with Crippen LogP contribution in [0.25, 0.3) is 0 Å². The van der Waals surface area contributed by atoms with E-state index in [1.54, 1.807) is 20.8 Å². The average Bonchev–Trinajstić information content (AvgIpc) is 2.78. The van der Waals surface area contributed by atoms with Crippen molar-refractivity contribution in [3.63, 3.8) is 0 Å². The fraction of sp³-hybridized carbons (Fsp3) is 0.750. The molecule has 0 aliphatic carbocycles. The van der Waals surface area contributed by atoms with Crippen LogP contribution in [0.4, 0.5) is 4.79 Å². The van der Waals surface area contributed by atoms with Crippen LogP contribution in [0.1, 0.15) is 27.2 Å². The maximum atomic E-state index is 12.2. The summed E-state index contributed by atoms with van der Waals surface area (Å²) in [6.07, 6.45) is -0.162. The zero-order valence-corrected chi connectivity index (χ0v) is 12.5. The van der Waals surface area contributed by atoms with E-state index >= 15 is 0 Å². The quantitative estimate of drug-likeness (QED) is 0.750. The van der Waals surface area contributed by atoms with E-state index in [-0.39, 0.29) is 11.3 Å². The van der Waals surface area contributed by atoms with E-state index in [1.165, 1.54) is 16.7 Å². The third kappa shape index (κ3) is 3.00. The minimum absolute atomic E-state index is 0.0973. The molecule has 0 spiro atoms. The number of primary amides is 1. The van der Waals surface area contributed by atoms with Crippen molar-refractivity contribution in [1.29, 1.82) is 0 Å². The maximum absolute atomic E-state index is 12.2. The summed E-state index contributed by atoms with van der Waals surface area (Å²) in [5.74, 6) is -0.258. The van der Waals surface area contributed by atoms with Gasteiger partial charge < -0.3 is 20.7 Å². The van der Waals surface area contributed by atoms with Crippen molar-refractivity contribution in [2.24, 2.45) is 5.73 Å². The van der Waals surface area contributed by atoms with Gasteiger partial charge in [-0.3, -0.25) is 9.59 Å². The molecule has 0 bridgehead atoms. The zero-order chi connectivity index (χ0) is 15.1. The Hall–Kier alpha value is -1.44. The number of amides is 3. The lowest BCUT2D eigenvalue weighted by molar-refractivity contribution is -0.136. The zero-order valence-electron chi connectivity index (χ0n) is 11.7. The van der Waals surface area contributed by atoms with Crippen LogP contribution in [-0.4, -0.2) is 51.6 Å². The molecule has 20 heavy (non-hydrogen) atoms. The number of rotatable bonds is 2. The monoisotopic (exact) mass is 301 g/mol. The molecule has 2 saturated heterocycles. The Morgan fingerprint density at radius 1 is 1.45 bits per heavy atom. The topological polar surface area (TPSA) is 102 Å². The fourth-order valence-corrected chi connectivity index (χ4v) is 3.78. The predicted molar refractivity (Wildman–Crippen MR) is 73.8 cm³/mol. The first-order valence-corrected chi connectivity index (χ1v) is 7.46. The van der Waals surface area contributed by atoms with E-state index in [1.807, 2.05) is 0 Å². The number of hydrogen-bond donors (Lipinski definition) is 2. The standard InChI is InChI=1S/C12H19N3O4S/c1-12(2,3)19-11(18)14-6-4-8-15(10(6)17)7(5-20-8)9(13)16/h6-8H,4-5H2,1-3H3,(H2,13,16)(H,14,18)/t6-,7+,8+/m0/s1. The van der Waals surface area contributed by atoms with Crippen LogP contribution >= 0.6 is 11.8 Å². The van der Waals surface area contributed by atoms with E-state index in [9.17, 15) is 14.4 Å². The lowest BCUT2D eigenvalue weighted by atomic mass is 10.2. The summed E-state index contributed by atoms with van der Waals surface area (Å²) < 4.78 is 5.13. The molecule has 2 rings (SSSR count). The van der Waals surface area contributed by atoms with Gasteiger partial charge in [-0.25, -0.2) is 4.79 Å². The highest BCUT2D eigenvalue weighted by Gasteiger charge is 2.49. The molecule has 2 aliphatic rings. The molecule has 3 N–H and O–H groups in total. The van der Waals surface area contributed by atoms with Gasteiger partial charge in [-0.15, -0.1) is 11.8 Å². The minimum Gasteiger partial charge on any atom is -0.444 e. The van der Waals surface area contributed by atoms with E-state index in [2.05, 4.69) is 5.32 Å². The van der Waals surface area contributed by atoms with E-state index < -0.39 is 29.7 Å².